The Labute approximate surface area is 112 Å². The minimum Gasteiger partial charge on any atom is -0.504 e. The van der Waals surface area contributed by atoms with E-state index in [1.165, 1.54) is 0 Å². The molecule has 3 N–H and O–H groups in total. The Kier molecular flexibility index (Phi) is 3.54. The summed E-state index contributed by atoms with van der Waals surface area (Å²) in [5, 5.41) is 28.0. The minimum atomic E-state index is -4.72. The quantitative estimate of drug-likeness (QED) is 0.745. The van der Waals surface area contributed by atoms with E-state index in [1.807, 2.05) is 0 Å². The second-order valence-corrected chi connectivity index (χ2v) is 4.93. The van der Waals surface area contributed by atoms with E-state index < -0.39 is 47.1 Å². The summed E-state index contributed by atoms with van der Waals surface area (Å²) in [6.45, 7) is 0. The van der Waals surface area contributed by atoms with Gasteiger partial charge in [0.1, 0.15) is 0 Å². The van der Waals surface area contributed by atoms with Gasteiger partial charge in [-0.05, 0) is 30.9 Å². The molecule has 0 saturated heterocycles. The molecule has 0 radical (unpaired) electrons. The van der Waals surface area contributed by atoms with Gasteiger partial charge < -0.3 is 15.3 Å². The van der Waals surface area contributed by atoms with Gasteiger partial charge in [0, 0.05) is 11.5 Å². The van der Waals surface area contributed by atoms with Crippen LogP contribution in [0.15, 0.2) is 12.1 Å². The molecule has 0 aliphatic heterocycles. The van der Waals surface area contributed by atoms with Gasteiger partial charge in [-0.1, -0.05) is 0 Å². The Morgan fingerprint density at radius 3 is 2.35 bits per heavy atom. The number of aromatic hydroxyl groups is 2. The third-order valence-electron chi connectivity index (χ3n) is 3.46. The first-order valence-corrected chi connectivity index (χ1v) is 6.05. The third kappa shape index (κ3) is 2.81. The molecule has 1 aliphatic rings. The van der Waals surface area contributed by atoms with Crippen molar-refractivity contribution in [2.45, 2.75) is 31.4 Å². The van der Waals surface area contributed by atoms with Crippen LogP contribution in [0.1, 0.15) is 36.3 Å². The molecular weight excluding hydrogens is 277 g/mol. The highest BCUT2D eigenvalue weighted by Crippen LogP contribution is 2.52. The zero-order chi connectivity index (χ0) is 15.1. The van der Waals surface area contributed by atoms with Gasteiger partial charge in [0.2, 0.25) is 0 Å². The highest BCUT2D eigenvalue weighted by Gasteiger charge is 2.43. The summed E-state index contributed by atoms with van der Waals surface area (Å²) in [7, 11) is 0. The molecule has 7 heteroatoms. The van der Waals surface area contributed by atoms with E-state index in [0.717, 1.165) is 6.07 Å². The zero-order valence-electron chi connectivity index (χ0n) is 10.3. The monoisotopic (exact) mass is 290 g/mol. The second-order valence-electron chi connectivity index (χ2n) is 4.93. The van der Waals surface area contributed by atoms with Crippen molar-refractivity contribution in [2.75, 3.05) is 0 Å². The largest absolute Gasteiger partial charge is 0.504 e. The summed E-state index contributed by atoms with van der Waals surface area (Å²) in [6.07, 6.45) is -3.99. The number of carboxylic acid groups (broad SMARTS) is 1. The van der Waals surface area contributed by atoms with Crippen LogP contribution in [0.5, 0.6) is 11.5 Å². The van der Waals surface area contributed by atoms with Crippen LogP contribution in [0, 0.1) is 5.92 Å². The maximum absolute atomic E-state index is 13.0. The molecule has 0 amide bonds. The van der Waals surface area contributed by atoms with Crippen molar-refractivity contribution in [3.05, 3.63) is 23.3 Å². The number of rotatable bonds is 4. The lowest BCUT2D eigenvalue weighted by Crippen LogP contribution is -2.16. The number of carboxylic acids is 1. The van der Waals surface area contributed by atoms with Crippen molar-refractivity contribution in [1.82, 2.24) is 0 Å². The summed E-state index contributed by atoms with van der Waals surface area (Å²) >= 11 is 0. The van der Waals surface area contributed by atoms with Crippen LogP contribution >= 0.6 is 0 Å². The summed E-state index contributed by atoms with van der Waals surface area (Å²) in [4.78, 5) is 10.8. The third-order valence-corrected chi connectivity index (χ3v) is 3.46. The van der Waals surface area contributed by atoms with Crippen molar-refractivity contribution in [2.24, 2.45) is 5.92 Å². The van der Waals surface area contributed by atoms with Crippen molar-refractivity contribution in [3.8, 4) is 11.5 Å². The number of halogens is 3. The highest BCUT2D eigenvalue weighted by atomic mass is 19.4. The van der Waals surface area contributed by atoms with Crippen molar-refractivity contribution in [1.29, 1.82) is 0 Å². The summed E-state index contributed by atoms with van der Waals surface area (Å²) < 4.78 is 39.0. The molecule has 20 heavy (non-hydrogen) atoms. The van der Waals surface area contributed by atoms with E-state index in [9.17, 15) is 28.2 Å². The summed E-state index contributed by atoms with van der Waals surface area (Å²) in [5.74, 6) is -3.95. The molecule has 0 spiro atoms. The molecule has 0 bridgehead atoms. The lowest BCUT2D eigenvalue weighted by molar-refractivity contribution is -0.141. The van der Waals surface area contributed by atoms with Crippen LogP contribution in [-0.2, 0) is 11.0 Å². The Hall–Kier alpha value is -1.92. The predicted molar refractivity (Wildman–Crippen MR) is 62.5 cm³/mol. The maximum atomic E-state index is 13.0. The van der Waals surface area contributed by atoms with Gasteiger partial charge >= 0.3 is 12.1 Å². The lowest BCUT2D eigenvalue weighted by Gasteiger charge is -2.22. The molecule has 1 saturated carbocycles. The molecule has 1 unspecified atom stereocenters. The number of phenolic OH excluding ortho intramolecular Hbond substituents is 2. The van der Waals surface area contributed by atoms with Crippen LogP contribution in [-0.4, -0.2) is 21.3 Å². The van der Waals surface area contributed by atoms with Gasteiger partial charge in [0.25, 0.3) is 0 Å². The second kappa shape index (κ2) is 4.88. The van der Waals surface area contributed by atoms with E-state index >= 15 is 0 Å². The number of hydrogen-bond acceptors (Lipinski definition) is 3. The molecule has 1 aromatic rings. The van der Waals surface area contributed by atoms with E-state index in [1.54, 1.807) is 0 Å². The van der Waals surface area contributed by atoms with Crippen molar-refractivity contribution >= 4 is 5.97 Å². The first-order chi connectivity index (χ1) is 9.21. The van der Waals surface area contributed by atoms with Crippen LogP contribution in [0.25, 0.3) is 0 Å². The average Bonchev–Trinajstić information content (AvgIpc) is 3.12. The van der Waals surface area contributed by atoms with Gasteiger partial charge in [0.15, 0.2) is 11.5 Å². The van der Waals surface area contributed by atoms with E-state index in [0.29, 0.717) is 18.9 Å². The fraction of sp³-hybridized carbons (Fsp3) is 0.462. The van der Waals surface area contributed by atoms with Crippen LogP contribution in [0.3, 0.4) is 0 Å². The average molecular weight is 290 g/mol. The Morgan fingerprint density at radius 2 is 1.90 bits per heavy atom. The van der Waals surface area contributed by atoms with Gasteiger partial charge in [0.05, 0.1) is 12.0 Å². The van der Waals surface area contributed by atoms with Gasteiger partial charge in [-0.15, -0.1) is 0 Å². The van der Waals surface area contributed by atoms with E-state index in [2.05, 4.69) is 0 Å². The zero-order valence-corrected chi connectivity index (χ0v) is 10.3. The fourth-order valence-corrected chi connectivity index (χ4v) is 2.41. The predicted octanol–water partition coefficient (Wildman–Crippen LogP) is 3.08. The van der Waals surface area contributed by atoms with Gasteiger partial charge in [-0.3, -0.25) is 4.79 Å². The number of alkyl halides is 3. The number of phenols is 2. The Morgan fingerprint density at radius 1 is 1.30 bits per heavy atom. The fourth-order valence-electron chi connectivity index (χ4n) is 2.41. The summed E-state index contributed by atoms with van der Waals surface area (Å²) in [6, 6.07) is 1.42. The number of carbonyl (C=O) groups is 1. The smallest absolute Gasteiger partial charge is 0.416 e. The van der Waals surface area contributed by atoms with Gasteiger partial charge in [-0.25, -0.2) is 0 Å². The lowest BCUT2D eigenvalue weighted by atomic mass is 9.86. The minimum absolute atomic E-state index is 0.208. The summed E-state index contributed by atoms with van der Waals surface area (Å²) in [5.41, 5.74) is -1.60. The van der Waals surface area contributed by atoms with Crippen molar-refractivity contribution < 1.29 is 33.3 Å². The van der Waals surface area contributed by atoms with E-state index in [4.69, 9.17) is 5.11 Å². The normalized spacial score (nSPS) is 16.9. The molecular formula is C13H13F3O4. The highest BCUT2D eigenvalue weighted by molar-refractivity contribution is 5.69. The topological polar surface area (TPSA) is 77.8 Å². The van der Waals surface area contributed by atoms with E-state index in [-0.39, 0.29) is 5.92 Å². The first-order valence-electron chi connectivity index (χ1n) is 6.05. The van der Waals surface area contributed by atoms with Crippen LogP contribution in [0.4, 0.5) is 13.2 Å². The Bertz CT molecular complexity index is 535. The maximum Gasteiger partial charge on any atom is 0.416 e. The van der Waals surface area contributed by atoms with Crippen molar-refractivity contribution in [3.63, 3.8) is 0 Å². The molecule has 0 aromatic heterocycles. The van der Waals surface area contributed by atoms with Gasteiger partial charge in [-0.2, -0.15) is 13.2 Å². The Balaban J connectivity index is 2.56. The molecule has 0 heterocycles. The molecule has 1 aromatic carbocycles. The number of aliphatic carboxylic acids is 1. The molecule has 4 nitrogen and oxygen atoms in total. The van der Waals surface area contributed by atoms with Crippen LogP contribution in [0.2, 0.25) is 0 Å². The number of hydrogen-bond donors (Lipinski definition) is 3. The molecule has 1 atom stereocenters. The molecule has 1 fully saturated rings. The first kappa shape index (κ1) is 14.5. The SMILES string of the molecule is O=C(O)CC(c1c(C(F)(F)F)ccc(O)c1O)C1CC1. The van der Waals surface area contributed by atoms with Crippen LogP contribution < -0.4 is 0 Å². The number of benzene rings is 1. The molecule has 110 valence electrons. The molecule has 2 rings (SSSR count). The molecule has 1 aliphatic carbocycles. The standard InChI is InChI=1S/C13H13F3O4/c14-13(15,16)8-3-4-9(17)12(20)11(8)7(5-10(18)19)6-1-2-6/h3-4,6-7,17,20H,1-2,5H2,(H,18,19).